The van der Waals surface area contributed by atoms with Gasteiger partial charge in [0.25, 0.3) is 0 Å². The van der Waals surface area contributed by atoms with E-state index in [4.69, 9.17) is 5.11 Å². The van der Waals surface area contributed by atoms with E-state index in [0.29, 0.717) is 25.8 Å². The summed E-state index contributed by atoms with van der Waals surface area (Å²) in [6, 6.07) is 0. The number of hydrogen-bond donors (Lipinski definition) is 3. The van der Waals surface area contributed by atoms with Crippen LogP contribution in [0.15, 0.2) is 0 Å². The smallest absolute Gasteiger partial charge is 0.303 e. The highest BCUT2D eigenvalue weighted by Gasteiger charge is 2.55. The van der Waals surface area contributed by atoms with Gasteiger partial charge in [0, 0.05) is 20.0 Å². The molecule has 6 nitrogen and oxygen atoms in total. The molecule has 1 saturated carbocycles. The molecule has 0 aromatic heterocycles. The minimum Gasteiger partial charge on any atom is -0.481 e. The Bertz CT molecular complexity index is 351. The molecule has 0 heterocycles. The molecule has 0 aromatic carbocycles. The summed E-state index contributed by atoms with van der Waals surface area (Å²) in [7, 11) is 1.54. The van der Waals surface area contributed by atoms with E-state index in [1.165, 1.54) is 7.05 Å². The first-order chi connectivity index (χ1) is 9.03. The Morgan fingerprint density at radius 1 is 1.05 bits per heavy atom. The molecule has 0 aliphatic heterocycles. The molecule has 1 fully saturated rings. The number of nitrogens with one attached hydrogen (secondary N) is 2. The molecular formula is C13H22N2O4. The number of amides is 2. The van der Waals surface area contributed by atoms with Gasteiger partial charge >= 0.3 is 5.97 Å². The highest BCUT2D eigenvalue weighted by Crippen LogP contribution is 2.45. The second-order valence-corrected chi connectivity index (χ2v) is 4.98. The van der Waals surface area contributed by atoms with E-state index < -0.39 is 11.4 Å². The van der Waals surface area contributed by atoms with Crippen LogP contribution in [-0.2, 0) is 14.4 Å². The van der Waals surface area contributed by atoms with Crippen molar-refractivity contribution in [2.45, 2.75) is 44.9 Å². The lowest BCUT2D eigenvalue weighted by atomic mass is 10.1. The van der Waals surface area contributed by atoms with Crippen molar-refractivity contribution in [3.8, 4) is 0 Å². The van der Waals surface area contributed by atoms with E-state index in [1.807, 2.05) is 0 Å². The molecule has 2 amide bonds. The van der Waals surface area contributed by atoms with Crippen LogP contribution in [-0.4, -0.2) is 36.5 Å². The fourth-order valence-electron chi connectivity index (χ4n) is 2.05. The van der Waals surface area contributed by atoms with Crippen LogP contribution in [0.4, 0.5) is 0 Å². The number of unbranched alkanes of at least 4 members (excludes halogenated alkanes) is 3. The van der Waals surface area contributed by atoms with Crippen molar-refractivity contribution in [2.75, 3.05) is 13.6 Å². The number of carbonyl (C=O) groups excluding carboxylic acids is 2. The van der Waals surface area contributed by atoms with Gasteiger partial charge in [-0.05, 0) is 25.7 Å². The Kier molecular flexibility index (Phi) is 5.79. The zero-order valence-corrected chi connectivity index (χ0v) is 11.3. The van der Waals surface area contributed by atoms with Crippen molar-refractivity contribution in [3.05, 3.63) is 0 Å². The van der Waals surface area contributed by atoms with Crippen LogP contribution < -0.4 is 10.6 Å². The number of carboxylic acid groups (broad SMARTS) is 1. The average Bonchev–Trinajstić information content (AvgIpc) is 3.17. The van der Waals surface area contributed by atoms with Crippen molar-refractivity contribution in [2.24, 2.45) is 5.41 Å². The first-order valence-corrected chi connectivity index (χ1v) is 6.75. The summed E-state index contributed by atoms with van der Waals surface area (Å²) >= 11 is 0. The molecule has 1 aliphatic rings. The second kappa shape index (κ2) is 7.11. The fraction of sp³-hybridized carbons (Fsp3) is 0.769. The summed E-state index contributed by atoms with van der Waals surface area (Å²) in [6.45, 7) is 0.546. The van der Waals surface area contributed by atoms with E-state index in [1.54, 1.807) is 0 Å². The summed E-state index contributed by atoms with van der Waals surface area (Å²) in [4.78, 5) is 33.7. The predicted octanol–water partition coefficient (Wildman–Crippen LogP) is 0.664. The summed E-state index contributed by atoms with van der Waals surface area (Å²) in [5.74, 6) is -1.15. The van der Waals surface area contributed by atoms with E-state index in [-0.39, 0.29) is 18.2 Å². The molecule has 0 bridgehead atoms. The average molecular weight is 270 g/mol. The lowest BCUT2D eigenvalue weighted by Crippen LogP contribution is -2.42. The van der Waals surface area contributed by atoms with Gasteiger partial charge < -0.3 is 15.7 Å². The van der Waals surface area contributed by atoms with E-state index in [2.05, 4.69) is 10.6 Å². The van der Waals surface area contributed by atoms with Gasteiger partial charge in [0.15, 0.2) is 0 Å². The third-order valence-electron chi connectivity index (χ3n) is 3.45. The maximum Gasteiger partial charge on any atom is 0.303 e. The molecular weight excluding hydrogens is 248 g/mol. The SMILES string of the molecule is CNC(=O)C1(C(=O)NCCCCCCC(=O)O)CC1. The van der Waals surface area contributed by atoms with Gasteiger partial charge in [-0.1, -0.05) is 12.8 Å². The van der Waals surface area contributed by atoms with Crippen molar-refractivity contribution < 1.29 is 19.5 Å². The van der Waals surface area contributed by atoms with Gasteiger partial charge in [-0.25, -0.2) is 0 Å². The maximum atomic E-state index is 11.9. The van der Waals surface area contributed by atoms with Crippen LogP contribution in [0.5, 0.6) is 0 Å². The highest BCUT2D eigenvalue weighted by molar-refractivity contribution is 6.07. The summed E-state index contributed by atoms with van der Waals surface area (Å²) in [6.07, 6.45) is 4.67. The zero-order chi connectivity index (χ0) is 14.3. The lowest BCUT2D eigenvalue weighted by Gasteiger charge is -2.13. The predicted molar refractivity (Wildman–Crippen MR) is 69.5 cm³/mol. The third kappa shape index (κ3) is 4.54. The van der Waals surface area contributed by atoms with Crippen molar-refractivity contribution in [3.63, 3.8) is 0 Å². The zero-order valence-electron chi connectivity index (χ0n) is 11.3. The van der Waals surface area contributed by atoms with Crippen LogP contribution in [0.3, 0.4) is 0 Å². The quantitative estimate of drug-likeness (QED) is 0.424. The lowest BCUT2D eigenvalue weighted by molar-refractivity contribution is -0.138. The van der Waals surface area contributed by atoms with Crippen LogP contribution in [0.25, 0.3) is 0 Å². The van der Waals surface area contributed by atoms with E-state index >= 15 is 0 Å². The van der Waals surface area contributed by atoms with Crippen LogP contribution in [0.2, 0.25) is 0 Å². The molecule has 108 valence electrons. The molecule has 0 spiro atoms. The Labute approximate surface area is 112 Å². The van der Waals surface area contributed by atoms with Crippen molar-refractivity contribution >= 4 is 17.8 Å². The largest absolute Gasteiger partial charge is 0.481 e. The van der Waals surface area contributed by atoms with Gasteiger partial charge in [0.2, 0.25) is 11.8 Å². The molecule has 0 unspecified atom stereocenters. The van der Waals surface area contributed by atoms with Crippen LogP contribution in [0.1, 0.15) is 44.9 Å². The van der Waals surface area contributed by atoms with E-state index in [9.17, 15) is 14.4 Å². The number of rotatable bonds is 9. The van der Waals surface area contributed by atoms with Gasteiger partial charge in [0.1, 0.15) is 5.41 Å². The highest BCUT2D eigenvalue weighted by atomic mass is 16.4. The monoisotopic (exact) mass is 270 g/mol. The first-order valence-electron chi connectivity index (χ1n) is 6.75. The Balaban J connectivity index is 2.08. The molecule has 19 heavy (non-hydrogen) atoms. The van der Waals surface area contributed by atoms with Gasteiger partial charge in [0.05, 0.1) is 0 Å². The molecule has 0 saturated heterocycles. The number of aliphatic carboxylic acids is 1. The van der Waals surface area contributed by atoms with Crippen molar-refractivity contribution in [1.82, 2.24) is 10.6 Å². The summed E-state index contributed by atoms with van der Waals surface area (Å²) in [5, 5.41) is 13.8. The molecule has 0 atom stereocenters. The minimum absolute atomic E-state index is 0.183. The Hall–Kier alpha value is -1.59. The molecule has 1 rings (SSSR count). The van der Waals surface area contributed by atoms with E-state index in [0.717, 1.165) is 19.3 Å². The van der Waals surface area contributed by atoms with Crippen LogP contribution >= 0.6 is 0 Å². The molecule has 3 N–H and O–H groups in total. The normalized spacial score (nSPS) is 15.6. The number of hydrogen-bond acceptors (Lipinski definition) is 3. The minimum atomic E-state index is -0.821. The fourth-order valence-corrected chi connectivity index (χ4v) is 2.05. The van der Waals surface area contributed by atoms with Gasteiger partial charge in [-0.2, -0.15) is 0 Å². The van der Waals surface area contributed by atoms with Gasteiger partial charge in [-0.15, -0.1) is 0 Å². The standard InChI is InChI=1S/C13H22N2O4/c1-14-11(18)13(7-8-13)12(19)15-9-5-3-2-4-6-10(16)17/h2-9H2,1H3,(H,14,18)(H,15,19)(H,16,17). The Morgan fingerprint density at radius 3 is 2.21 bits per heavy atom. The summed E-state index contributed by atoms with van der Waals surface area (Å²) < 4.78 is 0. The Morgan fingerprint density at radius 2 is 1.68 bits per heavy atom. The summed E-state index contributed by atoms with van der Waals surface area (Å²) in [5.41, 5.74) is -0.821. The number of carbonyl (C=O) groups is 3. The topological polar surface area (TPSA) is 95.5 Å². The molecule has 0 aromatic rings. The number of carboxylic acids is 1. The van der Waals surface area contributed by atoms with Gasteiger partial charge in [-0.3, -0.25) is 14.4 Å². The third-order valence-corrected chi connectivity index (χ3v) is 3.45. The molecule has 0 radical (unpaired) electrons. The molecule has 6 heteroatoms. The van der Waals surface area contributed by atoms with Crippen LogP contribution in [0, 0.1) is 5.41 Å². The first kappa shape index (κ1) is 15.5. The van der Waals surface area contributed by atoms with Crippen molar-refractivity contribution in [1.29, 1.82) is 0 Å². The maximum absolute atomic E-state index is 11.9. The second-order valence-electron chi connectivity index (χ2n) is 4.98. The molecule has 1 aliphatic carbocycles.